The molecule has 0 atom stereocenters. The summed E-state index contributed by atoms with van der Waals surface area (Å²) in [5.41, 5.74) is -1.16. The second-order valence-corrected chi connectivity index (χ2v) is 2.54. The van der Waals surface area contributed by atoms with Crippen LogP contribution in [0.2, 0.25) is 0 Å². The van der Waals surface area contributed by atoms with Crippen LogP contribution >= 0.6 is 0 Å². The van der Waals surface area contributed by atoms with Crippen molar-refractivity contribution in [3.63, 3.8) is 0 Å². The summed E-state index contributed by atoms with van der Waals surface area (Å²) in [6.45, 7) is 1.29. The van der Waals surface area contributed by atoms with Crippen LogP contribution in [0, 0.1) is 11.3 Å². The molecule has 1 aliphatic rings. The molecule has 1 aliphatic carbocycles. The zero-order chi connectivity index (χ0) is 9.03. The van der Waals surface area contributed by atoms with E-state index in [2.05, 4.69) is 0 Å². The van der Waals surface area contributed by atoms with E-state index in [1.165, 1.54) is 6.92 Å². The molecule has 0 N–H and O–H groups in total. The fourth-order valence-electron chi connectivity index (χ4n) is 1.02. The molecule has 0 aromatic carbocycles. The zero-order valence-electron chi connectivity index (χ0n) is 6.78. The van der Waals surface area contributed by atoms with Crippen LogP contribution in [0.4, 0.5) is 0 Å². The molecule has 0 spiro atoms. The van der Waals surface area contributed by atoms with E-state index in [1.807, 2.05) is 6.07 Å². The number of esters is 1. The molecule has 0 saturated heterocycles. The number of carbonyl (C=O) groups is 1. The normalized spacial score (nSPS) is 18.3. The van der Waals surface area contributed by atoms with Crippen molar-refractivity contribution in [2.75, 3.05) is 0 Å². The number of nitrogens with zero attached hydrogens (tertiary/aromatic N) is 1. The van der Waals surface area contributed by atoms with E-state index in [0.29, 0.717) is 0 Å². The minimum absolute atomic E-state index is 0.451. The lowest BCUT2D eigenvalue weighted by molar-refractivity contribution is -0.145. The third kappa shape index (κ3) is 1.73. The van der Waals surface area contributed by atoms with E-state index < -0.39 is 11.6 Å². The molecular formula is C9H9NO2. The molecule has 0 fully saturated rings. The molecule has 62 valence electrons. The van der Waals surface area contributed by atoms with Crippen LogP contribution in [-0.2, 0) is 9.53 Å². The first-order valence-corrected chi connectivity index (χ1v) is 3.65. The topological polar surface area (TPSA) is 50.1 Å². The molecule has 0 aliphatic heterocycles. The maximum Gasteiger partial charge on any atom is 0.304 e. The average molecular weight is 163 g/mol. The Balaban J connectivity index is 2.83. The van der Waals surface area contributed by atoms with Gasteiger partial charge in [-0.2, -0.15) is 5.26 Å². The third-order valence-electron chi connectivity index (χ3n) is 1.49. The Morgan fingerprint density at radius 3 is 2.58 bits per heavy atom. The van der Waals surface area contributed by atoms with Crippen molar-refractivity contribution in [3.05, 3.63) is 24.3 Å². The molecule has 0 unspecified atom stereocenters. The lowest BCUT2D eigenvalue weighted by atomic mass is 10.00. The van der Waals surface area contributed by atoms with Crippen molar-refractivity contribution in [1.82, 2.24) is 0 Å². The van der Waals surface area contributed by atoms with E-state index in [1.54, 1.807) is 24.3 Å². The monoisotopic (exact) mass is 163 g/mol. The van der Waals surface area contributed by atoms with Crippen LogP contribution in [0.3, 0.4) is 0 Å². The van der Waals surface area contributed by atoms with Crippen LogP contribution in [0.25, 0.3) is 0 Å². The van der Waals surface area contributed by atoms with Gasteiger partial charge in [0.15, 0.2) is 0 Å². The lowest BCUT2D eigenvalue weighted by Crippen LogP contribution is -2.28. The molecule has 0 amide bonds. The van der Waals surface area contributed by atoms with Gasteiger partial charge in [-0.05, 0) is 18.6 Å². The highest BCUT2D eigenvalue weighted by Crippen LogP contribution is 2.19. The van der Waals surface area contributed by atoms with Gasteiger partial charge in [0.05, 0.1) is 0 Å². The Kier molecular flexibility index (Phi) is 2.29. The summed E-state index contributed by atoms with van der Waals surface area (Å²) >= 11 is 0. The van der Waals surface area contributed by atoms with Gasteiger partial charge in [-0.1, -0.05) is 12.2 Å². The van der Waals surface area contributed by atoms with Crippen LogP contribution in [-0.4, -0.2) is 11.6 Å². The largest absolute Gasteiger partial charge is 0.436 e. The van der Waals surface area contributed by atoms with Gasteiger partial charge < -0.3 is 4.74 Å². The first-order chi connectivity index (χ1) is 5.68. The van der Waals surface area contributed by atoms with Gasteiger partial charge in [-0.15, -0.1) is 0 Å². The van der Waals surface area contributed by atoms with Crippen molar-refractivity contribution < 1.29 is 9.53 Å². The number of nitriles is 1. The summed E-state index contributed by atoms with van der Waals surface area (Å²) in [6, 6.07) is 1.93. The highest BCUT2D eigenvalue weighted by Gasteiger charge is 2.27. The molecule has 0 bridgehead atoms. The summed E-state index contributed by atoms with van der Waals surface area (Å²) in [7, 11) is 0. The Bertz CT molecular complexity index is 271. The molecule has 3 nitrogen and oxygen atoms in total. The number of rotatable bonds is 1. The quantitative estimate of drug-likeness (QED) is 0.432. The number of hydrogen-bond donors (Lipinski definition) is 0. The van der Waals surface area contributed by atoms with Crippen LogP contribution in [0.15, 0.2) is 24.3 Å². The van der Waals surface area contributed by atoms with Crippen LogP contribution in [0.5, 0.6) is 0 Å². The molecule has 12 heavy (non-hydrogen) atoms. The van der Waals surface area contributed by atoms with Gasteiger partial charge in [-0.25, -0.2) is 0 Å². The second kappa shape index (κ2) is 3.22. The average Bonchev–Trinajstić information content (AvgIpc) is 2.05. The summed E-state index contributed by atoms with van der Waals surface area (Å²) in [5, 5.41) is 8.76. The van der Waals surface area contributed by atoms with Crippen molar-refractivity contribution >= 4 is 5.97 Å². The predicted octanol–water partition coefficient (Wildman–Crippen LogP) is 1.33. The number of allylic oxidation sites excluding steroid dienone is 2. The van der Waals surface area contributed by atoms with E-state index in [0.717, 1.165) is 6.42 Å². The van der Waals surface area contributed by atoms with E-state index in [4.69, 9.17) is 10.00 Å². The molecule has 0 aromatic rings. The number of ether oxygens (including phenoxy) is 1. The summed E-state index contributed by atoms with van der Waals surface area (Å²) in [4.78, 5) is 10.6. The standard InChI is InChI=1S/C9H9NO2/c1-8(11)12-9(7-10)5-3-2-4-6-9/h3-6H,2H2,1H3. The minimum atomic E-state index is -1.16. The van der Waals surface area contributed by atoms with Gasteiger partial charge in [0.1, 0.15) is 6.07 Å². The van der Waals surface area contributed by atoms with E-state index in [-0.39, 0.29) is 0 Å². The summed E-state index contributed by atoms with van der Waals surface area (Å²) in [6.07, 6.45) is 7.56. The Morgan fingerprint density at radius 2 is 2.17 bits per heavy atom. The highest BCUT2D eigenvalue weighted by atomic mass is 16.6. The number of carbonyl (C=O) groups excluding carboxylic acids is 1. The van der Waals surface area contributed by atoms with Crippen molar-refractivity contribution in [1.29, 1.82) is 5.26 Å². The van der Waals surface area contributed by atoms with Gasteiger partial charge in [0.25, 0.3) is 0 Å². The predicted molar refractivity (Wildman–Crippen MR) is 43.0 cm³/mol. The fraction of sp³-hybridized carbons (Fsp3) is 0.333. The number of hydrogen-bond acceptors (Lipinski definition) is 3. The Morgan fingerprint density at radius 1 is 1.58 bits per heavy atom. The minimum Gasteiger partial charge on any atom is -0.436 e. The second-order valence-electron chi connectivity index (χ2n) is 2.54. The highest BCUT2D eigenvalue weighted by molar-refractivity contribution is 5.68. The SMILES string of the molecule is CC(=O)OC1(C#N)C=CCC=C1. The maximum absolute atomic E-state index is 10.6. The molecule has 1 rings (SSSR count). The fourth-order valence-corrected chi connectivity index (χ4v) is 1.02. The zero-order valence-corrected chi connectivity index (χ0v) is 6.78. The van der Waals surface area contributed by atoms with Crippen molar-refractivity contribution in [2.45, 2.75) is 18.9 Å². The molecule has 0 saturated carbocycles. The first-order valence-electron chi connectivity index (χ1n) is 3.65. The Labute approximate surface area is 70.9 Å². The molecule has 0 heterocycles. The Hall–Kier alpha value is -1.56. The van der Waals surface area contributed by atoms with Crippen LogP contribution < -0.4 is 0 Å². The van der Waals surface area contributed by atoms with Gasteiger partial charge in [-0.3, -0.25) is 4.79 Å². The smallest absolute Gasteiger partial charge is 0.304 e. The molecule has 0 radical (unpaired) electrons. The van der Waals surface area contributed by atoms with Crippen molar-refractivity contribution in [2.24, 2.45) is 0 Å². The van der Waals surface area contributed by atoms with Crippen molar-refractivity contribution in [3.8, 4) is 6.07 Å². The van der Waals surface area contributed by atoms with Gasteiger partial charge >= 0.3 is 5.97 Å². The molecule has 3 heteroatoms. The van der Waals surface area contributed by atoms with E-state index in [9.17, 15) is 4.79 Å². The maximum atomic E-state index is 10.6. The molecule has 0 aromatic heterocycles. The van der Waals surface area contributed by atoms with Gasteiger partial charge in [0.2, 0.25) is 5.60 Å². The first kappa shape index (κ1) is 8.54. The lowest BCUT2D eigenvalue weighted by Gasteiger charge is -2.20. The van der Waals surface area contributed by atoms with Crippen LogP contribution in [0.1, 0.15) is 13.3 Å². The summed E-state index contributed by atoms with van der Waals surface area (Å²) < 4.78 is 4.85. The summed E-state index contributed by atoms with van der Waals surface area (Å²) in [5.74, 6) is -0.451. The molecular weight excluding hydrogens is 154 g/mol. The third-order valence-corrected chi connectivity index (χ3v) is 1.49. The van der Waals surface area contributed by atoms with E-state index >= 15 is 0 Å². The van der Waals surface area contributed by atoms with Gasteiger partial charge in [0, 0.05) is 6.92 Å².